The molecule has 26 heavy (non-hydrogen) atoms. The molecule has 130 valence electrons. The smallest absolute Gasteiger partial charge is 0.258 e. The maximum Gasteiger partial charge on any atom is 0.258 e. The third-order valence-corrected chi connectivity index (χ3v) is 4.07. The molecule has 0 saturated carbocycles. The van der Waals surface area contributed by atoms with Gasteiger partial charge in [-0.2, -0.15) is 0 Å². The SMILES string of the molecule is CN(C(=O)c1ccc(NC(=S)Nc2ccccc2)cc1)c1ccccc1. The lowest BCUT2D eigenvalue weighted by molar-refractivity contribution is 0.0993. The standard InChI is InChI=1S/C21H19N3OS/c1-24(19-10-6-3-7-11-19)20(25)16-12-14-18(15-13-16)23-21(26)22-17-8-4-2-5-9-17/h2-15H,1H3,(H2,22,23,26). The highest BCUT2D eigenvalue weighted by molar-refractivity contribution is 7.80. The topological polar surface area (TPSA) is 44.4 Å². The Bertz CT molecular complexity index is 880. The molecule has 0 atom stereocenters. The molecule has 3 rings (SSSR count). The van der Waals surface area contributed by atoms with Crippen molar-refractivity contribution in [1.29, 1.82) is 0 Å². The van der Waals surface area contributed by atoms with Crippen molar-refractivity contribution in [2.24, 2.45) is 0 Å². The highest BCUT2D eigenvalue weighted by Crippen LogP contribution is 2.17. The van der Waals surface area contributed by atoms with E-state index >= 15 is 0 Å². The first-order chi connectivity index (χ1) is 12.6. The summed E-state index contributed by atoms with van der Waals surface area (Å²) in [6, 6.07) is 26.5. The van der Waals surface area contributed by atoms with Gasteiger partial charge in [0.25, 0.3) is 5.91 Å². The molecule has 1 amide bonds. The van der Waals surface area contributed by atoms with E-state index in [1.807, 2.05) is 72.8 Å². The van der Waals surface area contributed by atoms with Gasteiger partial charge in [0, 0.05) is 29.7 Å². The van der Waals surface area contributed by atoms with E-state index in [-0.39, 0.29) is 5.91 Å². The molecule has 0 saturated heterocycles. The van der Waals surface area contributed by atoms with Gasteiger partial charge in [0.05, 0.1) is 0 Å². The Morgan fingerprint density at radius 3 is 1.85 bits per heavy atom. The van der Waals surface area contributed by atoms with E-state index in [1.165, 1.54) is 0 Å². The second-order valence-corrected chi connectivity index (χ2v) is 6.13. The maximum absolute atomic E-state index is 12.6. The molecule has 4 nitrogen and oxygen atoms in total. The number of hydrogen-bond acceptors (Lipinski definition) is 2. The summed E-state index contributed by atoms with van der Waals surface area (Å²) in [7, 11) is 1.77. The van der Waals surface area contributed by atoms with Crippen molar-refractivity contribution < 1.29 is 4.79 Å². The third-order valence-electron chi connectivity index (χ3n) is 3.87. The molecule has 0 heterocycles. The monoisotopic (exact) mass is 361 g/mol. The van der Waals surface area contributed by atoms with Gasteiger partial charge in [-0.25, -0.2) is 0 Å². The van der Waals surface area contributed by atoms with Gasteiger partial charge in [-0.15, -0.1) is 0 Å². The number of benzene rings is 3. The lowest BCUT2D eigenvalue weighted by Gasteiger charge is -2.17. The number of para-hydroxylation sites is 2. The Balaban J connectivity index is 1.63. The van der Waals surface area contributed by atoms with Crippen LogP contribution in [0.15, 0.2) is 84.9 Å². The Morgan fingerprint density at radius 2 is 1.27 bits per heavy atom. The van der Waals surface area contributed by atoms with Crippen LogP contribution in [0, 0.1) is 0 Å². The molecule has 3 aromatic carbocycles. The second-order valence-electron chi connectivity index (χ2n) is 5.72. The first-order valence-electron chi connectivity index (χ1n) is 8.20. The summed E-state index contributed by atoms with van der Waals surface area (Å²) in [5, 5.41) is 6.72. The fraction of sp³-hybridized carbons (Fsp3) is 0.0476. The van der Waals surface area contributed by atoms with E-state index in [4.69, 9.17) is 12.2 Å². The average Bonchev–Trinajstić information content (AvgIpc) is 2.69. The zero-order valence-corrected chi connectivity index (χ0v) is 15.2. The quantitative estimate of drug-likeness (QED) is 0.657. The molecule has 5 heteroatoms. The Labute approximate surface area is 158 Å². The summed E-state index contributed by atoms with van der Waals surface area (Å²) in [6.45, 7) is 0. The predicted molar refractivity (Wildman–Crippen MR) is 112 cm³/mol. The first-order valence-corrected chi connectivity index (χ1v) is 8.60. The van der Waals surface area contributed by atoms with Gasteiger partial charge < -0.3 is 15.5 Å². The van der Waals surface area contributed by atoms with Gasteiger partial charge >= 0.3 is 0 Å². The summed E-state index contributed by atoms with van der Waals surface area (Å²) < 4.78 is 0. The maximum atomic E-state index is 12.6. The fourth-order valence-electron chi connectivity index (χ4n) is 2.47. The Kier molecular flexibility index (Phi) is 5.61. The molecule has 0 aromatic heterocycles. The normalized spacial score (nSPS) is 10.0. The van der Waals surface area contributed by atoms with Crippen LogP contribution < -0.4 is 15.5 Å². The van der Waals surface area contributed by atoms with Gasteiger partial charge in [0.1, 0.15) is 0 Å². The number of thiocarbonyl (C=S) groups is 1. The van der Waals surface area contributed by atoms with Crippen molar-refractivity contribution >= 4 is 40.3 Å². The van der Waals surface area contributed by atoms with Crippen molar-refractivity contribution in [2.45, 2.75) is 0 Å². The molecule has 0 bridgehead atoms. The number of nitrogens with zero attached hydrogens (tertiary/aromatic N) is 1. The van der Waals surface area contributed by atoms with Crippen molar-refractivity contribution in [3.05, 3.63) is 90.5 Å². The minimum atomic E-state index is -0.0623. The van der Waals surface area contributed by atoms with Crippen molar-refractivity contribution in [3.63, 3.8) is 0 Å². The van der Waals surface area contributed by atoms with Crippen LogP contribution in [-0.4, -0.2) is 18.1 Å². The van der Waals surface area contributed by atoms with Crippen molar-refractivity contribution in [1.82, 2.24) is 0 Å². The zero-order chi connectivity index (χ0) is 18.4. The van der Waals surface area contributed by atoms with Gasteiger partial charge in [-0.1, -0.05) is 36.4 Å². The zero-order valence-electron chi connectivity index (χ0n) is 14.3. The van der Waals surface area contributed by atoms with E-state index in [0.717, 1.165) is 17.1 Å². The van der Waals surface area contributed by atoms with Crippen LogP contribution in [-0.2, 0) is 0 Å². The number of carbonyl (C=O) groups excluding carboxylic acids is 1. The summed E-state index contributed by atoms with van der Waals surface area (Å²) in [6.07, 6.45) is 0. The molecule has 0 aliphatic carbocycles. The van der Waals surface area contributed by atoms with Gasteiger partial charge in [-0.3, -0.25) is 4.79 Å². The summed E-state index contributed by atoms with van der Waals surface area (Å²) in [4.78, 5) is 14.2. The molecule has 2 N–H and O–H groups in total. The molecular weight excluding hydrogens is 342 g/mol. The van der Waals surface area contributed by atoms with Crippen LogP contribution >= 0.6 is 12.2 Å². The summed E-state index contributed by atoms with van der Waals surface area (Å²) in [5.74, 6) is -0.0623. The van der Waals surface area contributed by atoms with E-state index < -0.39 is 0 Å². The van der Waals surface area contributed by atoms with Crippen molar-refractivity contribution in [2.75, 3.05) is 22.6 Å². The van der Waals surface area contributed by atoms with Crippen LogP contribution in [0.3, 0.4) is 0 Å². The highest BCUT2D eigenvalue weighted by atomic mass is 32.1. The van der Waals surface area contributed by atoms with Crippen LogP contribution in [0.1, 0.15) is 10.4 Å². The lowest BCUT2D eigenvalue weighted by Crippen LogP contribution is -2.26. The number of nitrogens with one attached hydrogen (secondary N) is 2. The Hall–Kier alpha value is -3.18. The number of carbonyl (C=O) groups is 1. The number of hydrogen-bond donors (Lipinski definition) is 2. The molecule has 3 aromatic rings. The van der Waals surface area contributed by atoms with Gasteiger partial charge in [0.15, 0.2) is 5.11 Å². The summed E-state index contributed by atoms with van der Waals surface area (Å²) in [5.41, 5.74) is 3.20. The number of anilines is 3. The minimum Gasteiger partial charge on any atom is -0.332 e. The molecule has 0 radical (unpaired) electrons. The molecular formula is C21H19N3OS. The first kappa shape index (κ1) is 17.6. The largest absolute Gasteiger partial charge is 0.332 e. The van der Waals surface area contributed by atoms with E-state index in [9.17, 15) is 4.79 Å². The van der Waals surface area contributed by atoms with E-state index in [0.29, 0.717) is 10.7 Å². The molecule has 0 aliphatic heterocycles. The number of amides is 1. The fourth-order valence-corrected chi connectivity index (χ4v) is 2.71. The minimum absolute atomic E-state index is 0.0623. The second kappa shape index (κ2) is 8.27. The average molecular weight is 361 g/mol. The van der Waals surface area contributed by atoms with Crippen LogP contribution in [0.5, 0.6) is 0 Å². The third kappa shape index (κ3) is 4.46. The van der Waals surface area contributed by atoms with Crippen LogP contribution in [0.4, 0.5) is 17.1 Å². The van der Waals surface area contributed by atoms with E-state index in [1.54, 1.807) is 24.1 Å². The molecule has 0 aliphatic rings. The van der Waals surface area contributed by atoms with Crippen LogP contribution in [0.2, 0.25) is 0 Å². The lowest BCUT2D eigenvalue weighted by atomic mass is 10.1. The van der Waals surface area contributed by atoms with Crippen LogP contribution in [0.25, 0.3) is 0 Å². The van der Waals surface area contributed by atoms with Crippen molar-refractivity contribution in [3.8, 4) is 0 Å². The molecule has 0 spiro atoms. The highest BCUT2D eigenvalue weighted by Gasteiger charge is 2.13. The van der Waals surface area contributed by atoms with E-state index in [2.05, 4.69) is 10.6 Å². The van der Waals surface area contributed by atoms with Gasteiger partial charge in [0.2, 0.25) is 0 Å². The Morgan fingerprint density at radius 1 is 0.769 bits per heavy atom. The predicted octanol–water partition coefficient (Wildman–Crippen LogP) is 4.77. The van der Waals surface area contributed by atoms with Gasteiger partial charge in [-0.05, 0) is 60.7 Å². The molecule has 0 unspecified atom stereocenters. The summed E-state index contributed by atoms with van der Waals surface area (Å²) >= 11 is 5.31. The number of rotatable bonds is 4. The molecule has 0 fully saturated rings.